The quantitative estimate of drug-likeness (QED) is 0.726. The van der Waals surface area contributed by atoms with Crippen molar-refractivity contribution in [1.29, 1.82) is 0 Å². The van der Waals surface area contributed by atoms with Crippen LogP contribution in [0.2, 0.25) is 0 Å². The Morgan fingerprint density at radius 3 is 2.57 bits per heavy atom. The molecule has 2 nitrogen and oxygen atoms in total. The monoisotopic (exact) mass is 198 g/mol. The van der Waals surface area contributed by atoms with E-state index in [1.54, 1.807) is 0 Å². The van der Waals surface area contributed by atoms with Gasteiger partial charge in [0.2, 0.25) is 0 Å². The second-order valence-electron chi connectivity index (χ2n) is 5.05. The second kappa shape index (κ2) is 4.63. The molecular weight excluding hydrogens is 176 g/mol. The molecule has 0 amide bonds. The maximum atomic E-state index is 9.45. The van der Waals surface area contributed by atoms with Gasteiger partial charge in [-0.15, -0.1) is 0 Å². The summed E-state index contributed by atoms with van der Waals surface area (Å²) in [4.78, 5) is 0. The molecule has 0 radical (unpaired) electrons. The van der Waals surface area contributed by atoms with Crippen molar-refractivity contribution in [2.45, 2.75) is 38.5 Å². The Hall–Kier alpha value is -0.0800. The van der Waals surface area contributed by atoms with Crippen molar-refractivity contribution >= 4 is 0 Å². The van der Waals surface area contributed by atoms with E-state index in [0.29, 0.717) is 25.0 Å². The number of hydrogen-bond donors (Lipinski definition) is 2. The molecule has 0 saturated heterocycles. The smallest absolute Gasteiger partial charge is 0.0464 e. The number of rotatable bonds is 3. The molecule has 0 aromatic carbocycles. The number of aliphatic hydroxyl groups is 2. The van der Waals surface area contributed by atoms with E-state index < -0.39 is 0 Å². The molecule has 2 aliphatic rings. The highest BCUT2D eigenvalue weighted by atomic mass is 16.3. The fourth-order valence-corrected chi connectivity index (χ4v) is 3.79. The van der Waals surface area contributed by atoms with Crippen LogP contribution in [0.5, 0.6) is 0 Å². The van der Waals surface area contributed by atoms with E-state index >= 15 is 0 Å². The van der Waals surface area contributed by atoms with Crippen molar-refractivity contribution in [3.05, 3.63) is 0 Å². The van der Waals surface area contributed by atoms with E-state index in [2.05, 4.69) is 0 Å². The Bertz CT molecular complexity index is 181. The Morgan fingerprint density at radius 2 is 1.86 bits per heavy atom. The second-order valence-corrected chi connectivity index (χ2v) is 5.05. The summed E-state index contributed by atoms with van der Waals surface area (Å²) in [5.41, 5.74) is 0. The Labute approximate surface area is 86.3 Å². The van der Waals surface area contributed by atoms with Gasteiger partial charge in [0.05, 0.1) is 0 Å². The molecule has 2 N–H and O–H groups in total. The fraction of sp³-hybridized carbons (Fsp3) is 1.00. The highest BCUT2D eigenvalue weighted by molar-refractivity contribution is 4.90. The van der Waals surface area contributed by atoms with Crippen molar-refractivity contribution in [3.63, 3.8) is 0 Å². The average Bonchev–Trinajstić information content (AvgIpc) is 2.66. The van der Waals surface area contributed by atoms with Crippen LogP contribution in [-0.4, -0.2) is 23.4 Å². The van der Waals surface area contributed by atoms with Crippen LogP contribution in [0.1, 0.15) is 38.5 Å². The summed E-state index contributed by atoms with van der Waals surface area (Å²) in [7, 11) is 0. The van der Waals surface area contributed by atoms with Gasteiger partial charge in [-0.3, -0.25) is 0 Å². The lowest BCUT2D eigenvalue weighted by Gasteiger charge is -2.39. The molecule has 0 aromatic rings. The minimum absolute atomic E-state index is 0.290. The summed E-state index contributed by atoms with van der Waals surface area (Å²) in [6.45, 7) is 0.629. The SMILES string of the molecule is OCCC1CCC2CCCC2C1CO. The normalized spacial score (nSPS) is 42.4. The standard InChI is InChI=1S/C12H22O2/c13-7-6-10-5-4-9-2-1-3-11(9)12(10)8-14/h9-14H,1-8H2. The number of hydrogen-bond acceptors (Lipinski definition) is 2. The largest absolute Gasteiger partial charge is 0.396 e. The van der Waals surface area contributed by atoms with Crippen LogP contribution in [0.25, 0.3) is 0 Å². The molecular formula is C12H22O2. The van der Waals surface area contributed by atoms with E-state index in [1.807, 2.05) is 0 Å². The molecule has 82 valence electrons. The van der Waals surface area contributed by atoms with Crippen molar-refractivity contribution < 1.29 is 10.2 Å². The highest BCUT2D eigenvalue weighted by Gasteiger charge is 2.40. The maximum Gasteiger partial charge on any atom is 0.0464 e. The van der Waals surface area contributed by atoms with Crippen LogP contribution < -0.4 is 0 Å². The molecule has 14 heavy (non-hydrogen) atoms. The lowest BCUT2D eigenvalue weighted by molar-refractivity contribution is 0.0428. The predicted octanol–water partition coefficient (Wildman–Crippen LogP) is 1.80. The average molecular weight is 198 g/mol. The van der Waals surface area contributed by atoms with Crippen LogP contribution >= 0.6 is 0 Å². The molecule has 0 spiro atoms. The molecule has 0 aromatic heterocycles. The number of fused-ring (bicyclic) bond motifs is 1. The molecule has 4 unspecified atom stereocenters. The van der Waals surface area contributed by atoms with Crippen LogP contribution in [0.15, 0.2) is 0 Å². The van der Waals surface area contributed by atoms with Crippen molar-refractivity contribution in [1.82, 2.24) is 0 Å². The first-order chi connectivity index (χ1) is 6.86. The van der Waals surface area contributed by atoms with E-state index in [9.17, 15) is 5.11 Å². The van der Waals surface area contributed by atoms with Gasteiger partial charge in [-0.05, 0) is 49.4 Å². The van der Waals surface area contributed by atoms with E-state index in [4.69, 9.17) is 5.11 Å². The van der Waals surface area contributed by atoms with Crippen LogP contribution in [-0.2, 0) is 0 Å². The first kappa shape index (κ1) is 10.4. The zero-order valence-corrected chi connectivity index (χ0v) is 8.86. The molecule has 0 bridgehead atoms. The van der Waals surface area contributed by atoms with Gasteiger partial charge in [-0.1, -0.05) is 12.8 Å². The predicted molar refractivity (Wildman–Crippen MR) is 55.8 cm³/mol. The third kappa shape index (κ3) is 1.82. The summed E-state index contributed by atoms with van der Waals surface area (Å²) in [6.07, 6.45) is 7.52. The summed E-state index contributed by atoms with van der Waals surface area (Å²) in [6, 6.07) is 0. The van der Waals surface area contributed by atoms with E-state index in [-0.39, 0.29) is 0 Å². The van der Waals surface area contributed by atoms with Crippen LogP contribution in [0.4, 0.5) is 0 Å². The summed E-state index contributed by atoms with van der Waals surface area (Å²) < 4.78 is 0. The third-order valence-electron chi connectivity index (χ3n) is 4.49. The molecule has 2 rings (SSSR count). The van der Waals surface area contributed by atoms with Gasteiger partial charge in [0.1, 0.15) is 0 Å². The van der Waals surface area contributed by atoms with Gasteiger partial charge in [0.15, 0.2) is 0 Å². The van der Waals surface area contributed by atoms with Gasteiger partial charge in [-0.2, -0.15) is 0 Å². The maximum absolute atomic E-state index is 9.45. The first-order valence-electron chi connectivity index (χ1n) is 6.08. The molecule has 0 heterocycles. The number of aliphatic hydroxyl groups excluding tert-OH is 2. The molecule has 2 aliphatic carbocycles. The minimum Gasteiger partial charge on any atom is -0.396 e. The van der Waals surface area contributed by atoms with Crippen molar-refractivity contribution in [2.75, 3.05) is 13.2 Å². The van der Waals surface area contributed by atoms with E-state index in [1.165, 1.54) is 32.1 Å². The first-order valence-corrected chi connectivity index (χ1v) is 6.08. The van der Waals surface area contributed by atoms with Gasteiger partial charge in [-0.25, -0.2) is 0 Å². The molecule has 4 atom stereocenters. The molecule has 0 aliphatic heterocycles. The zero-order valence-electron chi connectivity index (χ0n) is 8.86. The molecule has 2 fully saturated rings. The summed E-state index contributed by atoms with van der Waals surface area (Å²) in [5, 5.41) is 18.4. The zero-order chi connectivity index (χ0) is 9.97. The molecule has 2 heteroatoms. The van der Waals surface area contributed by atoms with Gasteiger partial charge >= 0.3 is 0 Å². The van der Waals surface area contributed by atoms with Crippen LogP contribution in [0, 0.1) is 23.7 Å². The minimum atomic E-state index is 0.290. The highest BCUT2D eigenvalue weighted by Crippen LogP contribution is 2.48. The van der Waals surface area contributed by atoms with Gasteiger partial charge < -0.3 is 10.2 Å². The molecule has 2 saturated carbocycles. The lowest BCUT2D eigenvalue weighted by Crippen LogP contribution is -2.34. The Morgan fingerprint density at radius 1 is 1.00 bits per heavy atom. The summed E-state index contributed by atoms with van der Waals surface area (Å²) >= 11 is 0. The lowest BCUT2D eigenvalue weighted by atomic mass is 9.67. The summed E-state index contributed by atoms with van der Waals surface area (Å²) in [5.74, 6) is 2.74. The van der Waals surface area contributed by atoms with Crippen LogP contribution in [0.3, 0.4) is 0 Å². The Balaban J connectivity index is 2.00. The third-order valence-corrected chi connectivity index (χ3v) is 4.49. The van der Waals surface area contributed by atoms with E-state index in [0.717, 1.165) is 18.3 Å². The fourth-order valence-electron chi connectivity index (χ4n) is 3.79. The van der Waals surface area contributed by atoms with Crippen molar-refractivity contribution in [3.8, 4) is 0 Å². The van der Waals surface area contributed by atoms with Gasteiger partial charge in [0.25, 0.3) is 0 Å². The van der Waals surface area contributed by atoms with Crippen molar-refractivity contribution in [2.24, 2.45) is 23.7 Å². The topological polar surface area (TPSA) is 40.5 Å². The Kier molecular flexibility index (Phi) is 3.45. The van der Waals surface area contributed by atoms with Gasteiger partial charge in [0, 0.05) is 13.2 Å².